The van der Waals surface area contributed by atoms with Gasteiger partial charge in [0.25, 0.3) is 0 Å². The lowest BCUT2D eigenvalue weighted by atomic mass is 10.1. The minimum absolute atomic E-state index is 0.0690. The molecular formula is C19H20O3. The van der Waals surface area contributed by atoms with Crippen molar-refractivity contribution in [2.45, 2.75) is 13.3 Å². The number of hydrogen-bond donors (Lipinski definition) is 0. The number of carbonyl (C=O) groups excluding carboxylic acids is 1. The molecule has 0 aromatic heterocycles. The van der Waals surface area contributed by atoms with Gasteiger partial charge in [-0.3, -0.25) is 4.79 Å². The molecule has 0 saturated carbocycles. The molecule has 0 amide bonds. The number of rotatable bonds is 6. The highest BCUT2D eigenvalue weighted by atomic mass is 16.5. The first-order chi connectivity index (χ1) is 10.7. The first-order valence-corrected chi connectivity index (χ1v) is 7.21. The van der Waals surface area contributed by atoms with Gasteiger partial charge < -0.3 is 9.47 Å². The molecule has 22 heavy (non-hydrogen) atoms. The maximum Gasteiger partial charge on any atom is 0.185 e. The Balaban J connectivity index is 2.15. The molecular weight excluding hydrogens is 276 g/mol. The van der Waals surface area contributed by atoms with Gasteiger partial charge in [-0.1, -0.05) is 37.3 Å². The molecule has 0 spiro atoms. The summed E-state index contributed by atoms with van der Waals surface area (Å²) in [6, 6.07) is 13.3. The van der Waals surface area contributed by atoms with Crippen molar-refractivity contribution < 1.29 is 14.3 Å². The van der Waals surface area contributed by atoms with Crippen LogP contribution in [0.5, 0.6) is 11.5 Å². The van der Waals surface area contributed by atoms with Gasteiger partial charge >= 0.3 is 0 Å². The molecule has 114 valence electrons. The molecule has 2 aromatic carbocycles. The Morgan fingerprint density at radius 1 is 1.00 bits per heavy atom. The second kappa shape index (κ2) is 7.46. The van der Waals surface area contributed by atoms with E-state index in [0.29, 0.717) is 17.1 Å². The first-order valence-electron chi connectivity index (χ1n) is 7.21. The highest BCUT2D eigenvalue weighted by molar-refractivity contribution is 6.07. The van der Waals surface area contributed by atoms with Crippen LogP contribution in [0.25, 0.3) is 6.08 Å². The summed E-state index contributed by atoms with van der Waals surface area (Å²) >= 11 is 0. The summed E-state index contributed by atoms with van der Waals surface area (Å²) in [5.74, 6) is 1.09. The van der Waals surface area contributed by atoms with Gasteiger partial charge in [0.2, 0.25) is 0 Å². The minimum Gasteiger partial charge on any atom is -0.493 e. The predicted octanol–water partition coefficient (Wildman–Crippen LogP) is 4.16. The van der Waals surface area contributed by atoms with E-state index in [0.717, 1.165) is 12.0 Å². The van der Waals surface area contributed by atoms with E-state index in [-0.39, 0.29) is 5.78 Å². The number of benzene rings is 2. The number of aryl methyl sites for hydroxylation is 1. The Labute approximate surface area is 131 Å². The van der Waals surface area contributed by atoms with Crippen LogP contribution in [0.1, 0.15) is 28.4 Å². The maximum absolute atomic E-state index is 12.2. The summed E-state index contributed by atoms with van der Waals surface area (Å²) in [6.07, 6.45) is 4.40. The van der Waals surface area contributed by atoms with Gasteiger partial charge in [-0.2, -0.15) is 0 Å². The fourth-order valence-electron chi connectivity index (χ4n) is 2.12. The van der Waals surface area contributed by atoms with E-state index in [1.165, 1.54) is 5.56 Å². The standard InChI is InChI=1S/C19H20O3/c1-4-14-5-7-15(8-6-14)9-11-17(20)16-10-12-18(21-2)19(13-16)22-3/h5-13H,4H2,1-3H3. The van der Waals surface area contributed by atoms with Gasteiger partial charge in [0.05, 0.1) is 14.2 Å². The third kappa shape index (κ3) is 3.76. The normalized spacial score (nSPS) is 10.7. The average molecular weight is 296 g/mol. The van der Waals surface area contributed by atoms with Crippen molar-refractivity contribution in [2.75, 3.05) is 14.2 Å². The van der Waals surface area contributed by atoms with Gasteiger partial charge in [0.1, 0.15) is 0 Å². The van der Waals surface area contributed by atoms with E-state index in [2.05, 4.69) is 19.1 Å². The van der Waals surface area contributed by atoms with Gasteiger partial charge in [0.15, 0.2) is 17.3 Å². The van der Waals surface area contributed by atoms with Crippen molar-refractivity contribution in [3.8, 4) is 11.5 Å². The van der Waals surface area contributed by atoms with Gasteiger partial charge in [-0.05, 0) is 41.8 Å². The molecule has 0 aliphatic heterocycles. The zero-order chi connectivity index (χ0) is 15.9. The van der Waals surface area contributed by atoms with Crippen molar-refractivity contribution in [1.29, 1.82) is 0 Å². The van der Waals surface area contributed by atoms with Crippen molar-refractivity contribution in [1.82, 2.24) is 0 Å². The van der Waals surface area contributed by atoms with E-state index >= 15 is 0 Å². The lowest BCUT2D eigenvalue weighted by Gasteiger charge is -2.08. The predicted molar refractivity (Wildman–Crippen MR) is 88.7 cm³/mol. The van der Waals surface area contributed by atoms with E-state index < -0.39 is 0 Å². The van der Waals surface area contributed by atoms with Crippen LogP contribution in [0.15, 0.2) is 48.5 Å². The van der Waals surface area contributed by atoms with Crippen molar-refractivity contribution in [3.05, 3.63) is 65.2 Å². The third-order valence-electron chi connectivity index (χ3n) is 3.48. The summed E-state index contributed by atoms with van der Waals surface area (Å²) in [6.45, 7) is 2.12. The largest absolute Gasteiger partial charge is 0.493 e. The van der Waals surface area contributed by atoms with Crippen LogP contribution >= 0.6 is 0 Å². The van der Waals surface area contributed by atoms with Crippen molar-refractivity contribution in [3.63, 3.8) is 0 Å². The Bertz CT molecular complexity index is 670. The fraction of sp³-hybridized carbons (Fsp3) is 0.211. The molecule has 0 bridgehead atoms. The number of ketones is 1. The topological polar surface area (TPSA) is 35.5 Å². The summed E-state index contributed by atoms with van der Waals surface area (Å²) < 4.78 is 10.4. The van der Waals surface area contributed by atoms with Crippen molar-refractivity contribution in [2.24, 2.45) is 0 Å². The highest BCUT2D eigenvalue weighted by Crippen LogP contribution is 2.27. The van der Waals surface area contributed by atoms with Crippen LogP contribution in [0.2, 0.25) is 0 Å². The number of allylic oxidation sites excluding steroid dienone is 1. The molecule has 0 aliphatic carbocycles. The minimum atomic E-state index is -0.0690. The molecule has 0 radical (unpaired) electrons. The zero-order valence-electron chi connectivity index (χ0n) is 13.1. The van der Waals surface area contributed by atoms with Gasteiger partial charge in [-0.15, -0.1) is 0 Å². The van der Waals surface area contributed by atoms with Gasteiger partial charge in [-0.25, -0.2) is 0 Å². The summed E-state index contributed by atoms with van der Waals surface area (Å²) in [5, 5.41) is 0. The molecule has 0 saturated heterocycles. The second-order valence-electron chi connectivity index (χ2n) is 4.86. The molecule has 0 heterocycles. The number of methoxy groups -OCH3 is 2. The second-order valence-corrected chi connectivity index (χ2v) is 4.86. The Morgan fingerprint density at radius 3 is 2.27 bits per heavy atom. The number of carbonyl (C=O) groups is 1. The first kappa shape index (κ1) is 15.8. The molecule has 3 heteroatoms. The monoisotopic (exact) mass is 296 g/mol. The summed E-state index contributed by atoms with van der Waals surface area (Å²) in [7, 11) is 3.12. The fourth-order valence-corrected chi connectivity index (χ4v) is 2.12. The lowest BCUT2D eigenvalue weighted by molar-refractivity contribution is 0.104. The third-order valence-corrected chi connectivity index (χ3v) is 3.48. The van der Waals surface area contributed by atoms with Crippen LogP contribution < -0.4 is 9.47 Å². The quantitative estimate of drug-likeness (QED) is 0.593. The lowest BCUT2D eigenvalue weighted by Crippen LogP contribution is -1.97. The molecule has 2 aromatic rings. The molecule has 0 unspecified atom stereocenters. The highest BCUT2D eigenvalue weighted by Gasteiger charge is 2.08. The van der Waals surface area contributed by atoms with E-state index in [1.54, 1.807) is 38.5 Å². The van der Waals surface area contributed by atoms with Crippen LogP contribution in [0.3, 0.4) is 0 Å². The smallest absolute Gasteiger partial charge is 0.185 e. The molecule has 3 nitrogen and oxygen atoms in total. The zero-order valence-corrected chi connectivity index (χ0v) is 13.1. The van der Waals surface area contributed by atoms with Crippen LogP contribution in [0.4, 0.5) is 0 Å². The van der Waals surface area contributed by atoms with Crippen LogP contribution in [-0.4, -0.2) is 20.0 Å². The molecule has 0 atom stereocenters. The van der Waals surface area contributed by atoms with Gasteiger partial charge in [0, 0.05) is 5.56 Å². The molecule has 0 N–H and O–H groups in total. The number of ether oxygens (including phenoxy) is 2. The summed E-state index contributed by atoms with van der Waals surface area (Å²) in [4.78, 5) is 12.2. The van der Waals surface area contributed by atoms with E-state index in [9.17, 15) is 4.79 Å². The maximum atomic E-state index is 12.2. The van der Waals surface area contributed by atoms with E-state index in [4.69, 9.17) is 9.47 Å². The molecule has 0 fully saturated rings. The van der Waals surface area contributed by atoms with Crippen molar-refractivity contribution >= 4 is 11.9 Å². The summed E-state index contributed by atoms with van der Waals surface area (Å²) in [5.41, 5.74) is 2.86. The Kier molecular flexibility index (Phi) is 5.37. The van der Waals surface area contributed by atoms with Crippen LogP contribution in [-0.2, 0) is 6.42 Å². The Morgan fingerprint density at radius 2 is 1.68 bits per heavy atom. The average Bonchev–Trinajstić information content (AvgIpc) is 2.59. The molecule has 2 rings (SSSR count). The molecule has 0 aliphatic rings. The number of hydrogen-bond acceptors (Lipinski definition) is 3. The van der Waals surface area contributed by atoms with Crippen LogP contribution in [0, 0.1) is 0 Å². The Hall–Kier alpha value is -2.55. The van der Waals surface area contributed by atoms with E-state index in [1.807, 2.05) is 18.2 Å². The SMILES string of the molecule is CCc1ccc(C=CC(=O)c2ccc(OC)c(OC)c2)cc1.